The van der Waals surface area contributed by atoms with E-state index in [1.54, 1.807) is 0 Å². The Hall–Kier alpha value is -4.18. The van der Waals surface area contributed by atoms with Crippen LogP contribution in [-0.2, 0) is 21.7 Å². The number of hydrogen-bond donors (Lipinski definition) is 0. The molecule has 0 aromatic heterocycles. The number of allylic oxidation sites excluding steroid dienone is 4. The SMILES string of the molecule is CC1=[C-]C(C)([Si](c2cc(C)cc(C)c2)(c2cc(-c3ccccc3)cc(-c3ccccc3)c2)c2cc(-c3ccccc3)cc(-c3ccccc3)c2)C(C)=C1C.[Cl-].[Cl-].[Cl-].[Ti+4]. The molecule has 5 heteroatoms. The van der Waals surface area contributed by atoms with Gasteiger partial charge in [0.1, 0.15) is 8.07 Å². The largest absolute Gasteiger partial charge is 4.00 e. The molecule has 0 nitrogen and oxygen atoms in total. The van der Waals surface area contributed by atoms with Crippen LogP contribution < -0.4 is 52.8 Å². The first-order valence-electron chi connectivity index (χ1n) is 19.1. The third kappa shape index (κ3) is 8.45. The van der Waals surface area contributed by atoms with Gasteiger partial charge in [-0.1, -0.05) is 201 Å². The molecule has 58 heavy (non-hydrogen) atoms. The fourth-order valence-corrected chi connectivity index (χ4v) is 15.3. The predicted molar refractivity (Wildman–Crippen MR) is 234 cm³/mol. The summed E-state index contributed by atoms with van der Waals surface area (Å²) in [4.78, 5) is 0. The van der Waals surface area contributed by atoms with Crippen molar-refractivity contribution < 1.29 is 58.9 Å². The van der Waals surface area contributed by atoms with Crippen LogP contribution in [0.25, 0.3) is 44.5 Å². The Balaban J connectivity index is 0.00000186. The van der Waals surface area contributed by atoms with E-state index >= 15 is 0 Å². The van der Waals surface area contributed by atoms with Crippen molar-refractivity contribution >= 4 is 23.6 Å². The molecular formula is C53H47Cl3SiTi. The van der Waals surface area contributed by atoms with Crippen molar-refractivity contribution in [2.75, 3.05) is 0 Å². The molecule has 0 amide bonds. The van der Waals surface area contributed by atoms with Gasteiger partial charge in [-0.2, -0.15) is 11.1 Å². The van der Waals surface area contributed by atoms with Crippen molar-refractivity contribution in [2.24, 2.45) is 0 Å². The normalized spacial score (nSPS) is 14.6. The van der Waals surface area contributed by atoms with Gasteiger partial charge < -0.3 is 37.2 Å². The second-order valence-corrected chi connectivity index (χ2v) is 19.5. The van der Waals surface area contributed by atoms with Crippen LogP contribution >= 0.6 is 0 Å². The molecular weight excluding hydrogens is 819 g/mol. The molecule has 1 unspecified atom stereocenters. The monoisotopic (exact) mass is 864 g/mol. The third-order valence-corrected chi connectivity index (χ3v) is 17.3. The first kappa shape index (κ1) is 46.5. The van der Waals surface area contributed by atoms with Gasteiger partial charge in [-0.15, -0.1) is 6.92 Å². The van der Waals surface area contributed by atoms with E-state index in [-0.39, 0.29) is 58.9 Å². The Bertz CT molecular complexity index is 2290. The summed E-state index contributed by atoms with van der Waals surface area (Å²) in [6.45, 7) is 14.0. The molecule has 8 rings (SSSR count). The topological polar surface area (TPSA) is 0 Å². The van der Waals surface area contributed by atoms with Gasteiger partial charge >= 0.3 is 21.7 Å². The van der Waals surface area contributed by atoms with E-state index < -0.39 is 13.1 Å². The van der Waals surface area contributed by atoms with Gasteiger partial charge in [0, 0.05) is 0 Å². The van der Waals surface area contributed by atoms with Gasteiger partial charge in [-0.25, -0.2) is 5.57 Å². The zero-order valence-corrected chi connectivity index (χ0v) is 38.7. The second-order valence-electron chi connectivity index (χ2n) is 15.3. The zero-order chi connectivity index (χ0) is 37.5. The molecule has 7 aromatic rings. The summed E-state index contributed by atoms with van der Waals surface area (Å²) < 4.78 is 0. The fraction of sp³-hybridized carbons (Fsp3) is 0.132. The Kier molecular flexibility index (Phi) is 15.4. The van der Waals surface area contributed by atoms with Crippen molar-refractivity contribution in [3.63, 3.8) is 0 Å². The van der Waals surface area contributed by atoms with Crippen molar-refractivity contribution in [2.45, 2.75) is 46.6 Å². The summed E-state index contributed by atoms with van der Waals surface area (Å²) in [6, 6.07) is 65.9. The second kappa shape index (κ2) is 19.3. The molecule has 0 spiro atoms. The molecule has 0 bridgehead atoms. The van der Waals surface area contributed by atoms with Crippen molar-refractivity contribution in [1.82, 2.24) is 0 Å². The van der Waals surface area contributed by atoms with Gasteiger partial charge in [0.15, 0.2) is 0 Å². The molecule has 0 fully saturated rings. The van der Waals surface area contributed by atoms with Gasteiger partial charge in [-0.3, -0.25) is 6.08 Å². The van der Waals surface area contributed by atoms with Crippen LogP contribution in [0, 0.1) is 19.9 Å². The van der Waals surface area contributed by atoms with Crippen LogP contribution in [0.2, 0.25) is 5.04 Å². The first-order chi connectivity index (χ1) is 26.2. The molecule has 0 radical (unpaired) electrons. The molecule has 288 valence electrons. The summed E-state index contributed by atoms with van der Waals surface area (Å²) in [5.74, 6) is 0. The minimum absolute atomic E-state index is 0. The van der Waals surface area contributed by atoms with Gasteiger partial charge in [-0.05, 0) is 86.0 Å². The minimum atomic E-state index is -3.17. The van der Waals surface area contributed by atoms with Gasteiger partial charge in [0.2, 0.25) is 0 Å². The Morgan fingerprint density at radius 1 is 0.379 bits per heavy atom. The molecule has 0 saturated heterocycles. The maximum absolute atomic E-state index is 4.25. The molecule has 7 aromatic carbocycles. The van der Waals surface area contributed by atoms with E-state index in [1.807, 2.05) is 0 Å². The summed E-state index contributed by atoms with van der Waals surface area (Å²) in [7, 11) is -3.17. The Labute approximate surface area is 380 Å². The zero-order valence-electron chi connectivity index (χ0n) is 33.9. The van der Waals surface area contributed by atoms with Crippen molar-refractivity contribution in [1.29, 1.82) is 0 Å². The summed E-state index contributed by atoms with van der Waals surface area (Å²) in [6.07, 6.45) is 4.25. The van der Waals surface area contributed by atoms with Crippen LogP contribution in [-0.4, -0.2) is 8.07 Å². The number of hydrogen-bond acceptors (Lipinski definition) is 0. The van der Waals surface area contributed by atoms with Crippen LogP contribution in [0.4, 0.5) is 0 Å². The molecule has 1 atom stereocenters. The summed E-state index contributed by atoms with van der Waals surface area (Å²) in [5.41, 5.74) is 16.4. The van der Waals surface area contributed by atoms with E-state index in [0.29, 0.717) is 0 Å². The smallest absolute Gasteiger partial charge is 1.00 e. The Morgan fingerprint density at radius 3 is 0.948 bits per heavy atom. The van der Waals surface area contributed by atoms with Gasteiger partial charge in [0.25, 0.3) is 0 Å². The van der Waals surface area contributed by atoms with E-state index in [2.05, 4.69) is 224 Å². The summed E-state index contributed by atoms with van der Waals surface area (Å²) in [5, 5.41) is 3.77. The molecule has 1 aliphatic carbocycles. The fourth-order valence-electron chi connectivity index (χ4n) is 9.03. The van der Waals surface area contributed by atoms with E-state index in [1.165, 1.54) is 87.9 Å². The van der Waals surface area contributed by atoms with Crippen molar-refractivity contribution in [3.8, 4) is 44.5 Å². The Morgan fingerprint density at radius 2 is 0.672 bits per heavy atom. The number of rotatable bonds is 8. The average Bonchev–Trinajstić information content (AvgIpc) is 3.41. The maximum atomic E-state index is 4.25. The molecule has 1 aliphatic rings. The standard InChI is InChI=1S/C53H47Si.3ClH.Ti/c1-37-27-38(2)29-50(28-37)54(53(6)36-39(3)40(4)41(53)5,51-32-46(42-19-11-7-12-20-42)30-47(33-51)43-21-13-8-14-22-43)52-34-48(44-23-15-9-16-24-44)31-49(35-52)45-25-17-10-18-26-45;;;;/h7-35H,1-6H3;3*1H;/q-1;;;;+4/p-3. The van der Waals surface area contributed by atoms with Crippen LogP contribution in [0.3, 0.4) is 0 Å². The van der Waals surface area contributed by atoms with E-state index in [4.69, 9.17) is 0 Å². The maximum Gasteiger partial charge on any atom is 4.00 e. The molecule has 0 saturated carbocycles. The molecule has 0 aliphatic heterocycles. The molecule has 0 N–H and O–H groups in total. The summed E-state index contributed by atoms with van der Waals surface area (Å²) >= 11 is 0. The molecule has 0 heterocycles. The predicted octanol–water partition coefficient (Wildman–Crippen LogP) is 3.31. The van der Waals surface area contributed by atoms with Crippen molar-refractivity contribution in [3.05, 3.63) is 210 Å². The van der Waals surface area contributed by atoms with Gasteiger partial charge in [0.05, 0.1) is 0 Å². The van der Waals surface area contributed by atoms with Crippen LogP contribution in [0.5, 0.6) is 0 Å². The third-order valence-electron chi connectivity index (χ3n) is 11.9. The number of aryl methyl sites for hydroxylation is 2. The van der Waals surface area contributed by atoms with E-state index in [0.717, 1.165) is 0 Å². The number of benzene rings is 7. The quantitative estimate of drug-likeness (QED) is 0.125. The van der Waals surface area contributed by atoms with E-state index in [9.17, 15) is 0 Å². The average molecular weight is 866 g/mol. The van der Waals surface area contributed by atoms with Crippen LogP contribution in [0.15, 0.2) is 193 Å². The first-order valence-corrected chi connectivity index (χ1v) is 21.1. The van der Waals surface area contributed by atoms with Crippen LogP contribution in [0.1, 0.15) is 38.8 Å². The minimum Gasteiger partial charge on any atom is -1.00 e. The number of halogens is 3.